The maximum absolute atomic E-state index is 13.3. The van der Waals surface area contributed by atoms with Crippen LogP contribution in [-0.4, -0.2) is 47.4 Å². The van der Waals surface area contributed by atoms with Gasteiger partial charge >= 0.3 is 0 Å². The summed E-state index contributed by atoms with van der Waals surface area (Å²) in [4.78, 5) is 21.9. The fourth-order valence-corrected chi connectivity index (χ4v) is 4.67. The van der Waals surface area contributed by atoms with Crippen molar-refractivity contribution >= 4 is 5.91 Å². The first kappa shape index (κ1) is 24.0. The van der Waals surface area contributed by atoms with Crippen LogP contribution in [0.3, 0.4) is 0 Å². The van der Waals surface area contributed by atoms with E-state index in [0.717, 1.165) is 43.8 Å². The molecule has 5 heteroatoms. The summed E-state index contributed by atoms with van der Waals surface area (Å²) in [5.74, 6) is 1.04. The van der Waals surface area contributed by atoms with E-state index in [1.165, 1.54) is 11.1 Å². The van der Waals surface area contributed by atoms with E-state index in [2.05, 4.69) is 35.0 Å². The molecule has 4 rings (SSSR count). The van der Waals surface area contributed by atoms with Crippen molar-refractivity contribution < 1.29 is 9.53 Å². The zero-order chi connectivity index (χ0) is 23.8. The molecule has 0 bridgehead atoms. The van der Waals surface area contributed by atoms with Crippen LogP contribution in [0, 0.1) is 12.3 Å². The summed E-state index contributed by atoms with van der Waals surface area (Å²) in [7, 11) is 1.90. The van der Waals surface area contributed by atoms with Crippen molar-refractivity contribution in [3.63, 3.8) is 0 Å². The van der Waals surface area contributed by atoms with E-state index in [0.29, 0.717) is 19.6 Å². The third kappa shape index (κ3) is 6.67. The quantitative estimate of drug-likeness (QED) is 0.448. The van der Waals surface area contributed by atoms with Gasteiger partial charge in [-0.3, -0.25) is 14.7 Å². The number of piperidine rings is 1. The highest BCUT2D eigenvalue weighted by atomic mass is 16.5. The number of hydrogen-bond acceptors (Lipinski definition) is 4. The van der Waals surface area contributed by atoms with Crippen molar-refractivity contribution in [3.8, 4) is 5.75 Å². The molecule has 2 heterocycles. The van der Waals surface area contributed by atoms with Gasteiger partial charge in [0.2, 0.25) is 5.91 Å². The van der Waals surface area contributed by atoms with E-state index in [1.54, 1.807) is 0 Å². The molecule has 2 aromatic carbocycles. The summed E-state index contributed by atoms with van der Waals surface area (Å²) in [6.07, 6.45) is 6.22. The number of aryl methyl sites for hydroxylation is 1. The lowest BCUT2D eigenvalue weighted by Crippen LogP contribution is -2.45. The number of carbonyl (C=O) groups excluding carboxylic acids is 1. The summed E-state index contributed by atoms with van der Waals surface area (Å²) < 4.78 is 6.22. The Morgan fingerprint density at radius 3 is 2.35 bits per heavy atom. The standard InChI is InChI=1S/C29H35N3O2/c1-24-17-26(20-30-19-24)22-32-15-13-29(14-16-32,23-34-27-11-7-4-8-12-27)18-28(33)31(2)21-25-9-5-3-6-10-25/h3-12,17,19-20H,13-16,18,21-23H2,1-2H3. The molecule has 1 aliphatic rings. The molecule has 1 saturated heterocycles. The molecule has 34 heavy (non-hydrogen) atoms. The number of likely N-dealkylation sites (tertiary alicyclic amines) is 1. The van der Waals surface area contributed by atoms with Gasteiger partial charge in [0.05, 0.1) is 6.61 Å². The Hall–Kier alpha value is -3.18. The molecule has 0 atom stereocenters. The normalized spacial score (nSPS) is 15.6. The van der Waals surface area contributed by atoms with Crippen molar-refractivity contribution in [2.75, 3.05) is 26.7 Å². The molecule has 0 saturated carbocycles. The lowest BCUT2D eigenvalue weighted by atomic mass is 9.75. The number of rotatable bonds is 9. The van der Waals surface area contributed by atoms with Crippen LogP contribution in [0.25, 0.3) is 0 Å². The molecule has 0 radical (unpaired) electrons. The number of para-hydroxylation sites is 1. The largest absolute Gasteiger partial charge is 0.493 e. The maximum Gasteiger partial charge on any atom is 0.223 e. The van der Waals surface area contributed by atoms with Crippen molar-refractivity contribution in [3.05, 3.63) is 95.8 Å². The van der Waals surface area contributed by atoms with Gasteiger partial charge in [0, 0.05) is 44.4 Å². The van der Waals surface area contributed by atoms with Gasteiger partial charge in [-0.1, -0.05) is 54.6 Å². The lowest BCUT2D eigenvalue weighted by Gasteiger charge is -2.42. The summed E-state index contributed by atoms with van der Waals surface area (Å²) in [5, 5.41) is 0. The fourth-order valence-electron chi connectivity index (χ4n) is 4.67. The number of pyridine rings is 1. The van der Waals surface area contributed by atoms with E-state index < -0.39 is 0 Å². The van der Waals surface area contributed by atoms with Crippen LogP contribution in [0.15, 0.2) is 79.1 Å². The van der Waals surface area contributed by atoms with Gasteiger partial charge < -0.3 is 9.64 Å². The molecule has 0 unspecified atom stereocenters. The van der Waals surface area contributed by atoms with Crippen molar-refractivity contribution in [1.82, 2.24) is 14.8 Å². The van der Waals surface area contributed by atoms with Gasteiger partial charge in [-0.25, -0.2) is 0 Å². The Kier molecular flexibility index (Phi) is 7.96. The maximum atomic E-state index is 13.3. The van der Waals surface area contributed by atoms with Gasteiger partial charge in [-0.2, -0.15) is 0 Å². The highest BCUT2D eigenvalue weighted by Gasteiger charge is 2.38. The molecule has 0 spiro atoms. The van der Waals surface area contributed by atoms with Crippen LogP contribution in [-0.2, 0) is 17.9 Å². The first-order valence-electron chi connectivity index (χ1n) is 12.1. The first-order chi connectivity index (χ1) is 16.5. The monoisotopic (exact) mass is 457 g/mol. The molecular weight excluding hydrogens is 422 g/mol. The topological polar surface area (TPSA) is 45.7 Å². The number of nitrogens with zero attached hydrogens (tertiary/aromatic N) is 3. The third-order valence-corrected chi connectivity index (χ3v) is 6.76. The number of amides is 1. The molecule has 0 aliphatic carbocycles. The Labute approximate surface area is 203 Å². The molecule has 1 aromatic heterocycles. The minimum absolute atomic E-state index is 0.167. The average molecular weight is 458 g/mol. The Bertz CT molecular complexity index is 1050. The lowest BCUT2D eigenvalue weighted by molar-refractivity contribution is -0.134. The Morgan fingerprint density at radius 2 is 1.68 bits per heavy atom. The third-order valence-electron chi connectivity index (χ3n) is 6.76. The highest BCUT2D eigenvalue weighted by Crippen LogP contribution is 2.37. The minimum Gasteiger partial charge on any atom is -0.493 e. The van der Waals surface area contributed by atoms with Gasteiger partial charge in [0.15, 0.2) is 0 Å². The van der Waals surface area contributed by atoms with Crippen LogP contribution >= 0.6 is 0 Å². The predicted molar refractivity (Wildman–Crippen MR) is 135 cm³/mol. The second-order valence-electron chi connectivity index (χ2n) is 9.66. The van der Waals surface area contributed by atoms with Gasteiger partial charge in [0.1, 0.15) is 5.75 Å². The zero-order valence-corrected chi connectivity index (χ0v) is 20.3. The predicted octanol–water partition coefficient (Wildman–Crippen LogP) is 5.10. The summed E-state index contributed by atoms with van der Waals surface area (Å²) in [6, 6.07) is 22.3. The Balaban J connectivity index is 1.41. The average Bonchev–Trinajstić information content (AvgIpc) is 2.85. The van der Waals surface area contributed by atoms with Crippen molar-refractivity contribution in [2.45, 2.75) is 39.3 Å². The van der Waals surface area contributed by atoms with Crippen LogP contribution in [0.5, 0.6) is 5.75 Å². The molecule has 1 aliphatic heterocycles. The second-order valence-corrected chi connectivity index (χ2v) is 9.66. The molecular formula is C29H35N3O2. The van der Waals surface area contributed by atoms with Crippen LogP contribution in [0.1, 0.15) is 36.0 Å². The van der Waals surface area contributed by atoms with Gasteiger partial charge in [-0.05, 0) is 61.7 Å². The number of hydrogen-bond donors (Lipinski definition) is 0. The van der Waals surface area contributed by atoms with Crippen LogP contribution in [0.2, 0.25) is 0 Å². The molecule has 1 amide bonds. The van der Waals surface area contributed by atoms with Crippen molar-refractivity contribution in [2.24, 2.45) is 5.41 Å². The number of benzene rings is 2. The van der Waals surface area contributed by atoms with E-state index in [-0.39, 0.29) is 11.3 Å². The SMILES string of the molecule is Cc1cncc(CN2CCC(COc3ccccc3)(CC(=O)N(C)Cc3ccccc3)CC2)c1. The fraction of sp³-hybridized carbons (Fsp3) is 0.379. The number of carbonyl (C=O) groups is 1. The minimum atomic E-state index is -0.167. The molecule has 1 fully saturated rings. The van der Waals surface area contributed by atoms with E-state index >= 15 is 0 Å². The summed E-state index contributed by atoms with van der Waals surface area (Å²) >= 11 is 0. The van der Waals surface area contributed by atoms with E-state index in [1.807, 2.05) is 72.9 Å². The first-order valence-corrected chi connectivity index (χ1v) is 12.1. The highest BCUT2D eigenvalue weighted by molar-refractivity contribution is 5.76. The van der Waals surface area contributed by atoms with Gasteiger partial charge in [-0.15, -0.1) is 0 Å². The molecule has 3 aromatic rings. The smallest absolute Gasteiger partial charge is 0.223 e. The van der Waals surface area contributed by atoms with E-state index in [9.17, 15) is 4.79 Å². The molecule has 0 N–H and O–H groups in total. The number of ether oxygens (including phenoxy) is 1. The number of aromatic nitrogens is 1. The zero-order valence-electron chi connectivity index (χ0n) is 20.3. The summed E-state index contributed by atoms with van der Waals surface area (Å²) in [6.45, 7) is 6.05. The van der Waals surface area contributed by atoms with Crippen molar-refractivity contribution in [1.29, 1.82) is 0 Å². The second kappa shape index (κ2) is 11.3. The molecule has 5 nitrogen and oxygen atoms in total. The molecule has 178 valence electrons. The van der Waals surface area contributed by atoms with Crippen LogP contribution < -0.4 is 4.74 Å². The Morgan fingerprint density at radius 1 is 1.00 bits per heavy atom. The van der Waals surface area contributed by atoms with E-state index in [4.69, 9.17) is 4.74 Å². The van der Waals surface area contributed by atoms with Gasteiger partial charge in [0.25, 0.3) is 0 Å². The summed E-state index contributed by atoms with van der Waals surface area (Å²) in [5.41, 5.74) is 3.41. The van der Waals surface area contributed by atoms with Crippen LogP contribution in [0.4, 0.5) is 0 Å².